The van der Waals surface area contributed by atoms with Gasteiger partial charge in [-0.05, 0) is 56.3 Å². The molecular weight excluding hydrogens is 610 g/mol. The van der Waals surface area contributed by atoms with Crippen LogP contribution < -0.4 is 20.5 Å². The highest BCUT2D eigenvalue weighted by molar-refractivity contribution is 6.31. The summed E-state index contributed by atoms with van der Waals surface area (Å²) in [5.74, 6) is -2.62. The fourth-order valence-corrected chi connectivity index (χ4v) is 4.98. The van der Waals surface area contributed by atoms with Crippen molar-refractivity contribution in [1.82, 2.24) is 20.5 Å². The van der Waals surface area contributed by atoms with E-state index in [1.807, 2.05) is 0 Å². The zero-order chi connectivity index (χ0) is 32.2. The minimum atomic E-state index is -5.39. The number of nitrogens with two attached hydrogens (primary N) is 1. The molecule has 0 aliphatic carbocycles. The van der Waals surface area contributed by atoms with E-state index < -0.39 is 47.1 Å². The number of aromatic nitrogens is 3. The lowest BCUT2D eigenvalue weighted by Gasteiger charge is -2.31. The molecular formula is C29H24ClF4N5O5. The number of rotatable bonds is 7. The fraction of sp³-hybridized carbons (Fsp3) is 0.276. The van der Waals surface area contributed by atoms with Gasteiger partial charge in [-0.15, -0.1) is 5.10 Å². The zero-order valence-corrected chi connectivity index (χ0v) is 24.1. The predicted molar refractivity (Wildman–Crippen MR) is 150 cm³/mol. The zero-order valence-electron chi connectivity index (χ0n) is 23.3. The van der Waals surface area contributed by atoms with Gasteiger partial charge in [0.25, 0.3) is 5.91 Å². The summed E-state index contributed by atoms with van der Waals surface area (Å²) in [5.41, 5.74) is -0.295. The number of hydrogen-bond donors (Lipinski definition) is 3. The highest BCUT2D eigenvalue weighted by Crippen LogP contribution is 2.48. The summed E-state index contributed by atoms with van der Waals surface area (Å²) >= 11 is 5.92. The molecule has 1 aliphatic rings. The summed E-state index contributed by atoms with van der Waals surface area (Å²) in [6.45, 7) is 1.31. The van der Waals surface area contributed by atoms with Gasteiger partial charge in [-0.1, -0.05) is 11.6 Å². The minimum Gasteiger partial charge on any atom is -0.494 e. The van der Waals surface area contributed by atoms with Gasteiger partial charge < -0.3 is 25.6 Å². The van der Waals surface area contributed by atoms with Gasteiger partial charge in [0.1, 0.15) is 40.5 Å². The second-order valence-corrected chi connectivity index (χ2v) is 10.9. The number of benzene rings is 2. The predicted octanol–water partition coefficient (Wildman–Crippen LogP) is 4.12. The first kappa shape index (κ1) is 30.9. The van der Waals surface area contributed by atoms with Crippen LogP contribution in [0.4, 0.5) is 17.6 Å². The van der Waals surface area contributed by atoms with E-state index in [4.69, 9.17) is 26.8 Å². The van der Waals surface area contributed by atoms with Crippen LogP contribution in [0.3, 0.4) is 0 Å². The van der Waals surface area contributed by atoms with Crippen molar-refractivity contribution < 1.29 is 41.7 Å². The number of primary amides is 1. The summed E-state index contributed by atoms with van der Waals surface area (Å²) in [6, 6.07) is 8.42. The van der Waals surface area contributed by atoms with Crippen molar-refractivity contribution in [2.75, 3.05) is 20.3 Å². The smallest absolute Gasteiger partial charge is 0.424 e. The van der Waals surface area contributed by atoms with Crippen molar-refractivity contribution in [2.24, 2.45) is 5.73 Å². The molecule has 230 valence electrons. The first-order valence-electron chi connectivity index (χ1n) is 12.9. The number of methoxy groups -OCH3 is 1. The van der Waals surface area contributed by atoms with Crippen LogP contribution in [0.1, 0.15) is 34.2 Å². The molecule has 3 heterocycles. The number of fused-ring (bicyclic) bond motifs is 2. The average Bonchev–Trinajstić information content (AvgIpc) is 3.33. The number of nitrogens with one attached hydrogen (secondary N) is 1. The van der Waals surface area contributed by atoms with Gasteiger partial charge in [0.15, 0.2) is 0 Å². The van der Waals surface area contributed by atoms with Gasteiger partial charge in [-0.2, -0.15) is 18.3 Å². The van der Waals surface area contributed by atoms with Crippen molar-refractivity contribution >= 4 is 34.3 Å². The molecule has 0 spiro atoms. The number of alkyl halides is 3. The molecule has 44 heavy (non-hydrogen) atoms. The molecule has 4 aromatic rings. The summed E-state index contributed by atoms with van der Waals surface area (Å²) < 4.78 is 68.9. The number of halogens is 5. The number of hydrogen-bond acceptors (Lipinski definition) is 8. The number of nitrogens with zero attached hydrogens (tertiary/aromatic N) is 3. The second kappa shape index (κ2) is 10.9. The van der Waals surface area contributed by atoms with Gasteiger partial charge in [-0.25, -0.2) is 9.37 Å². The number of aryl methyl sites for hydroxylation is 1. The highest BCUT2D eigenvalue weighted by atomic mass is 35.5. The van der Waals surface area contributed by atoms with Crippen LogP contribution in [-0.2, 0) is 15.8 Å². The quantitative estimate of drug-likeness (QED) is 0.257. The van der Waals surface area contributed by atoms with Crippen molar-refractivity contribution in [3.8, 4) is 22.8 Å². The summed E-state index contributed by atoms with van der Waals surface area (Å²) in [6.07, 6.45) is -5.39. The van der Waals surface area contributed by atoms with E-state index in [0.717, 1.165) is 18.2 Å². The van der Waals surface area contributed by atoms with Crippen LogP contribution in [0.2, 0.25) is 5.02 Å². The molecule has 0 radical (unpaired) electrons. The van der Waals surface area contributed by atoms with E-state index in [0.29, 0.717) is 16.6 Å². The molecule has 15 heteroatoms. The Labute approximate surface area is 252 Å². The minimum absolute atomic E-state index is 0.0402. The van der Waals surface area contributed by atoms with Crippen molar-refractivity contribution in [3.63, 3.8) is 0 Å². The highest BCUT2D eigenvalue weighted by Gasteiger charge is 2.57. The molecule has 0 fully saturated rings. The van der Waals surface area contributed by atoms with Crippen LogP contribution in [0, 0.1) is 12.7 Å². The third-order valence-corrected chi connectivity index (χ3v) is 7.76. The Kier molecular flexibility index (Phi) is 7.62. The number of carbonyl (C=O) groups is 2. The molecule has 10 nitrogen and oxygen atoms in total. The molecule has 5 rings (SSSR count). The summed E-state index contributed by atoms with van der Waals surface area (Å²) in [5, 5.41) is 21.4. The molecule has 0 unspecified atom stereocenters. The van der Waals surface area contributed by atoms with Crippen LogP contribution in [-0.4, -0.2) is 58.5 Å². The normalized spacial score (nSPS) is 17.5. The SMILES string of the molecule is COc1cc(C(=O)NC[C@](O)(c2cc3c(c(-c4ccc(F)c(Cl)c4)n2)OC[C@]3(C)C(N)=O)C(F)(F)F)cc2cc(C)nnc12. The van der Waals surface area contributed by atoms with Gasteiger partial charge in [0.05, 0.1) is 30.1 Å². The number of carbonyl (C=O) groups excluding carboxylic acids is 2. The lowest BCUT2D eigenvalue weighted by atomic mass is 9.81. The van der Waals surface area contributed by atoms with E-state index in [2.05, 4.69) is 20.5 Å². The Morgan fingerprint density at radius 2 is 1.91 bits per heavy atom. The van der Waals surface area contributed by atoms with E-state index in [9.17, 15) is 32.3 Å². The Bertz CT molecular complexity index is 1840. The Morgan fingerprint density at radius 1 is 1.18 bits per heavy atom. The largest absolute Gasteiger partial charge is 0.494 e. The molecule has 0 saturated carbocycles. The molecule has 2 atom stereocenters. The summed E-state index contributed by atoms with van der Waals surface area (Å²) in [7, 11) is 1.33. The van der Waals surface area contributed by atoms with Crippen molar-refractivity contribution in [1.29, 1.82) is 0 Å². The topological polar surface area (TPSA) is 150 Å². The third kappa shape index (κ3) is 5.13. The monoisotopic (exact) mass is 633 g/mol. The number of aliphatic hydroxyl groups is 1. The van der Waals surface area contributed by atoms with Gasteiger partial charge >= 0.3 is 6.18 Å². The van der Waals surface area contributed by atoms with E-state index in [1.54, 1.807) is 13.0 Å². The van der Waals surface area contributed by atoms with E-state index in [-0.39, 0.29) is 45.5 Å². The molecule has 2 amide bonds. The number of amides is 2. The summed E-state index contributed by atoms with van der Waals surface area (Å²) in [4.78, 5) is 29.6. The van der Waals surface area contributed by atoms with Gasteiger partial charge in [-0.3, -0.25) is 9.59 Å². The number of ether oxygens (including phenoxy) is 2. The maximum Gasteiger partial charge on any atom is 0.424 e. The Morgan fingerprint density at radius 3 is 2.55 bits per heavy atom. The van der Waals surface area contributed by atoms with Crippen molar-refractivity contribution in [3.05, 3.63) is 75.8 Å². The number of pyridine rings is 1. The lowest BCUT2D eigenvalue weighted by Crippen LogP contribution is -2.51. The van der Waals surface area contributed by atoms with Crippen molar-refractivity contribution in [2.45, 2.75) is 31.0 Å². The maximum absolute atomic E-state index is 14.7. The molecule has 2 aromatic heterocycles. The van der Waals surface area contributed by atoms with E-state index in [1.165, 1.54) is 32.2 Å². The Hall–Kier alpha value is -4.56. The van der Waals surface area contributed by atoms with Crippen LogP contribution in [0.5, 0.6) is 11.5 Å². The third-order valence-electron chi connectivity index (χ3n) is 7.47. The molecule has 1 aliphatic heterocycles. The van der Waals surface area contributed by atoms with Crippen LogP contribution >= 0.6 is 11.6 Å². The first-order chi connectivity index (χ1) is 20.6. The first-order valence-corrected chi connectivity index (χ1v) is 13.3. The van der Waals surface area contributed by atoms with Crippen LogP contribution in [0.15, 0.2) is 42.5 Å². The Balaban J connectivity index is 1.61. The maximum atomic E-state index is 14.7. The van der Waals surface area contributed by atoms with E-state index >= 15 is 0 Å². The second-order valence-electron chi connectivity index (χ2n) is 10.5. The van der Waals surface area contributed by atoms with Gasteiger partial charge in [0, 0.05) is 22.1 Å². The standard InChI is InChI=1S/C29H24ClF4N5O5/c1-13-6-15-7-16(9-20(43-3)22(15)39-38-13)25(40)36-11-28(42,29(32,33)34)21-10-17-24(44-12-27(17,2)26(35)41)23(37-21)14-4-5-19(31)18(30)8-14/h4-10,42H,11-12H2,1-3H3,(H2,35,41)(H,36,40)/t27-,28-/m0/s1. The van der Waals surface area contributed by atoms with Crippen LogP contribution in [0.25, 0.3) is 22.2 Å². The molecule has 2 aromatic carbocycles. The molecule has 0 bridgehead atoms. The lowest BCUT2D eigenvalue weighted by molar-refractivity contribution is -0.265. The van der Waals surface area contributed by atoms with Gasteiger partial charge in [0.2, 0.25) is 11.5 Å². The average molecular weight is 634 g/mol. The molecule has 4 N–H and O–H groups in total. The molecule has 0 saturated heterocycles. The fourth-order valence-electron chi connectivity index (χ4n) is 4.80.